The smallest absolute Gasteiger partial charge is 0.251 e. The van der Waals surface area contributed by atoms with Gasteiger partial charge in [-0.3, -0.25) is 4.79 Å². The number of hydrogen-bond acceptors (Lipinski definition) is 4. The Hall–Kier alpha value is -0.990. The molecule has 0 aromatic carbocycles. The van der Waals surface area contributed by atoms with Gasteiger partial charge in [0.25, 0.3) is 5.91 Å². The Bertz CT molecular complexity index is 597. The van der Waals surface area contributed by atoms with Crippen LogP contribution in [0.5, 0.6) is 0 Å². The van der Waals surface area contributed by atoms with Crippen molar-refractivity contribution in [1.29, 1.82) is 0 Å². The summed E-state index contributed by atoms with van der Waals surface area (Å²) in [7, 11) is 0. The van der Waals surface area contributed by atoms with Crippen LogP contribution in [0.15, 0.2) is 0 Å². The minimum atomic E-state index is -0.699. The number of nitrogens with zero attached hydrogens (tertiary/aromatic N) is 2. The zero-order valence-electron chi connectivity index (χ0n) is 17.8. The van der Waals surface area contributed by atoms with Crippen molar-refractivity contribution in [2.45, 2.75) is 89.8 Å². The Morgan fingerprint density at radius 1 is 1.29 bits per heavy atom. The lowest BCUT2D eigenvalue weighted by Crippen LogP contribution is -2.72. The number of nitrogens with one attached hydrogen (secondary N) is 2. The van der Waals surface area contributed by atoms with E-state index in [0.717, 1.165) is 38.9 Å². The first-order chi connectivity index (χ1) is 13.2. The molecule has 8 heteroatoms. The van der Waals surface area contributed by atoms with Gasteiger partial charge in [0.2, 0.25) is 0 Å². The van der Waals surface area contributed by atoms with Gasteiger partial charge in [-0.05, 0) is 51.1 Å². The zero-order valence-corrected chi connectivity index (χ0v) is 19.5. The standard InChI is InChI=1S/C20H37N5OS2/c1-5-7-8-9-10-11-20(6-2,15-14-22-12-13-24(15)17(21)27)25-18(28)23-16(26)19(25,3)4/h15,22H,5-14H2,1-4H3,(H2,21,27)(H,23,26,28). The SMILES string of the molecule is CCCCCCCC(CC)(C1CNCCN1C(N)=S)N1C(=S)NC(=O)C1(C)C. The Labute approximate surface area is 180 Å². The average molecular weight is 428 g/mol. The van der Waals surface area contributed by atoms with Crippen molar-refractivity contribution >= 4 is 40.6 Å². The van der Waals surface area contributed by atoms with Crippen LogP contribution in [0.3, 0.4) is 0 Å². The lowest BCUT2D eigenvalue weighted by atomic mass is 9.76. The van der Waals surface area contributed by atoms with Crippen LogP contribution in [0.4, 0.5) is 0 Å². The summed E-state index contributed by atoms with van der Waals surface area (Å²) < 4.78 is 0. The van der Waals surface area contributed by atoms with Gasteiger partial charge in [0.05, 0.1) is 11.6 Å². The summed E-state index contributed by atoms with van der Waals surface area (Å²) in [5, 5.41) is 7.38. The fourth-order valence-corrected chi connectivity index (χ4v) is 5.62. The van der Waals surface area contributed by atoms with Gasteiger partial charge < -0.3 is 26.2 Å². The van der Waals surface area contributed by atoms with Gasteiger partial charge >= 0.3 is 0 Å². The number of carbonyl (C=O) groups excluding carboxylic acids is 1. The number of hydrogen-bond donors (Lipinski definition) is 3. The first-order valence-electron chi connectivity index (χ1n) is 10.6. The number of piperazine rings is 1. The molecule has 6 nitrogen and oxygen atoms in total. The van der Waals surface area contributed by atoms with Crippen molar-refractivity contribution in [3.05, 3.63) is 0 Å². The Kier molecular flexibility index (Phi) is 8.05. The van der Waals surface area contributed by atoms with Crippen LogP contribution >= 0.6 is 24.4 Å². The van der Waals surface area contributed by atoms with Crippen molar-refractivity contribution in [3.63, 3.8) is 0 Å². The zero-order chi connectivity index (χ0) is 20.9. The Morgan fingerprint density at radius 2 is 1.96 bits per heavy atom. The second-order valence-electron chi connectivity index (χ2n) is 8.53. The monoisotopic (exact) mass is 427 g/mol. The third-order valence-corrected chi connectivity index (χ3v) is 6.97. The van der Waals surface area contributed by atoms with Crippen LogP contribution in [0.2, 0.25) is 0 Å². The molecule has 0 aromatic heterocycles. The molecule has 1 amide bonds. The van der Waals surface area contributed by atoms with Crippen LogP contribution in [0, 0.1) is 0 Å². The summed E-state index contributed by atoms with van der Waals surface area (Å²) in [5.74, 6) is -0.0352. The molecule has 2 aliphatic heterocycles. The number of rotatable bonds is 9. The Balaban J connectivity index is 2.42. The molecule has 2 atom stereocenters. The summed E-state index contributed by atoms with van der Waals surface area (Å²) in [5.41, 5.74) is 5.11. The van der Waals surface area contributed by atoms with E-state index >= 15 is 0 Å². The molecule has 0 aromatic rings. The Morgan fingerprint density at radius 3 is 2.50 bits per heavy atom. The van der Waals surface area contributed by atoms with E-state index in [0.29, 0.717) is 10.2 Å². The lowest BCUT2D eigenvalue weighted by Gasteiger charge is -2.56. The normalized spacial score (nSPS) is 24.2. The summed E-state index contributed by atoms with van der Waals surface area (Å²) >= 11 is 11.1. The molecular weight excluding hydrogens is 390 g/mol. The van der Waals surface area contributed by atoms with E-state index in [1.807, 2.05) is 13.8 Å². The minimum Gasteiger partial charge on any atom is -0.376 e. The van der Waals surface area contributed by atoms with Gasteiger partial charge in [-0.1, -0.05) is 46.0 Å². The number of nitrogens with two attached hydrogens (primary N) is 1. The van der Waals surface area contributed by atoms with Gasteiger partial charge in [-0.15, -0.1) is 0 Å². The fraction of sp³-hybridized carbons (Fsp3) is 0.850. The fourth-order valence-electron chi connectivity index (χ4n) is 4.90. The number of thiocarbonyl (C=S) groups is 2. The van der Waals surface area contributed by atoms with Crippen molar-refractivity contribution in [1.82, 2.24) is 20.4 Å². The molecule has 4 N–H and O–H groups in total. The molecule has 2 heterocycles. The third kappa shape index (κ3) is 4.44. The maximum Gasteiger partial charge on any atom is 0.251 e. The minimum absolute atomic E-state index is 0.0352. The molecule has 2 aliphatic rings. The summed E-state index contributed by atoms with van der Waals surface area (Å²) in [6.45, 7) is 10.8. The van der Waals surface area contributed by atoms with E-state index in [1.165, 1.54) is 25.7 Å². The van der Waals surface area contributed by atoms with Crippen LogP contribution < -0.4 is 16.4 Å². The molecule has 160 valence electrons. The molecule has 2 unspecified atom stereocenters. The molecule has 2 saturated heterocycles. The lowest BCUT2D eigenvalue weighted by molar-refractivity contribution is -0.128. The molecule has 0 saturated carbocycles. The van der Waals surface area contributed by atoms with Gasteiger partial charge in [0, 0.05) is 19.6 Å². The number of carbonyl (C=O) groups is 1. The van der Waals surface area contributed by atoms with Crippen molar-refractivity contribution < 1.29 is 4.79 Å². The third-order valence-electron chi connectivity index (χ3n) is 6.46. The second kappa shape index (κ2) is 9.67. The van der Waals surface area contributed by atoms with E-state index in [9.17, 15) is 4.79 Å². The van der Waals surface area contributed by atoms with Gasteiger partial charge in [-0.25, -0.2) is 0 Å². The molecule has 2 rings (SSSR count). The first kappa shape index (κ1) is 23.3. The van der Waals surface area contributed by atoms with Gasteiger partial charge in [-0.2, -0.15) is 0 Å². The number of unbranched alkanes of at least 4 members (excludes halogenated alkanes) is 4. The van der Waals surface area contributed by atoms with E-state index in [4.69, 9.17) is 30.2 Å². The highest BCUT2D eigenvalue weighted by atomic mass is 32.1. The summed E-state index contributed by atoms with van der Waals surface area (Å²) in [6, 6.07) is 0.0693. The highest BCUT2D eigenvalue weighted by Crippen LogP contribution is 2.41. The summed E-state index contributed by atoms with van der Waals surface area (Å²) in [6.07, 6.45) is 7.83. The molecular formula is C20H37N5OS2. The molecule has 0 radical (unpaired) electrons. The van der Waals surface area contributed by atoms with Crippen LogP contribution in [0.25, 0.3) is 0 Å². The first-order valence-corrected chi connectivity index (χ1v) is 11.5. The molecule has 0 bridgehead atoms. The van der Waals surface area contributed by atoms with Gasteiger partial charge in [0.1, 0.15) is 5.54 Å². The molecule has 2 fully saturated rings. The van der Waals surface area contributed by atoms with Gasteiger partial charge in [0.15, 0.2) is 10.2 Å². The van der Waals surface area contributed by atoms with Crippen molar-refractivity contribution in [3.8, 4) is 0 Å². The molecule has 28 heavy (non-hydrogen) atoms. The summed E-state index contributed by atoms with van der Waals surface area (Å²) in [4.78, 5) is 17.0. The van der Waals surface area contributed by atoms with Crippen molar-refractivity contribution in [2.75, 3.05) is 19.6 Å². The van der Waals surface area contributed by atoms with Crippen LogP contribution in [-0.2, 0) is 4.79 Å². The second-order valence-corrected chi connectivity index (χ2v) is 9.33. The predicted molar refractivity (Wildman–Crippen MR) is 123 cm³/mol. The molecule has 0 aliphatic carbocycles. The van der Waals surface area contributed by atoms with E-state index in [2.05, 4.69) is 34.3 Å². The van der Waals surface area contributed by atoms with E-state index < -0.39 is 5.54 Å². The highest BCUT2D eigenvalue weighted by molar-refractivity contribution is 7.80. The van der Waals surface area contributed by atoms with Crippen LogP contribution in [-0.4, -0.2) is 62.7 Å². The quantitative estimate of drug-likeness (QED) is 0.386. The maximum atomic E-state index is 12.7. The highest BCUT2D eigenvalue weighted by Gasteiger charge is 2.56. The predicted octanol–water partition coefficient (Wildman–Crippen LogP) is 2.51. The average Bonchev–Trinajstić information content (AvgIpc) is 2.86. The van der Waals surface area contributed by atoms with Crippen LogP contribution in [0.1, 0.15) is 72.6 Å². The largest absolute Gasteiger partial charge is 0.376 e. The maximum absolute atomic E-state index is 12.7. The van der Waals surface area contributed by atoms with Crippen molar-refractivity contribution in [2.24, 2.45) is 5.73 Å². The molecule has 0 spiro atoms. The van der Waals surface area contributed by atoms with E-state index in [-0.39, 0.29) is 17.5 Å². The van der Waals surface area contributed by atoms with E-state index in [1.54, 1.807) is 0 Å². The topological polar surface area (TPSA) is 73.6 Å². The number of amides is 1.